The topological polar surface area (TPSA) is 98.2 Å². The van der Waals surface area contributed by atoms with E-state index >= 15 is 0 Å². The van der Waals surface area contributed by atoms with Crippen molar-refractivity contribution in [2.24, 2.45) is 0 Å². The molecule has 124 valence electrons. The molecule has 0 fully saturated rings. The van der Waals surface area contributed by atoms with Crippen molar-refractivity contribution in [3.63, 3.8) is 0 Å². The molecule has 7 heteroatoms. The minimum absolute atomic E-state index is 0.0373. The van der Waals surface area contributed by atoms with E-state index in [0.717, 1.165) is 15.4 Å². The minimum Gasteiger partial charge on any atom is -0.395 e. The molecule has 23 heavy (non-hydrogen) atoms. The molecule has 0 aliphatic rings. The summed E-state index contributed by atoms with van der Waals surface area (Å²) >= 11 is 0. The van der Waals surface area contributed by atoms with Gasteiger partial charge in [0.15, 0.2) is 0 Å². The van der Waals surface area contributed by atoms with Gasteiger partial charge in [0.25, 0.3) is 5.91 Å². The molecule has 0 bridgehead atoms. The third-order valence-electron chi connectivity index (χ3n) is 2.98. The second kappa shape index (κ2) is 10.3. The van der Waals surface area contributed by atoms with Crippen molar-refractivity contribution in [1.82, 2.24) is 9.80 Å². The highest BCUT2D eigenvalue weighted by Gasteiger charge is 2.24. The Morgan fingerprint density at radius 1 is 1.04 bits per heavy atom. The van der Waals surface area contributed by atoms with Gasteiger partial charge in [0.2, 0.25) is 0 Å². The van der Waals surface area contributed by atoms with E-state index in [1.165, 1.54) is 12.2 Å². The van der Waals surface area contributed by atoms with Crippen LogP contribution in [0.2, 0.25) is 0 Å². The first-order valence-corrected chi connectivity index (χ1v) is 7.13. The van der Waals surface area contributed by atoms with E-state index in [0.29, 0.717) is 6.29 Å². The number of aldehydes is 1. The number of hydrogen-bond acceptors (Lipinski definition) is 5. The number of hydrogen-bond donors (Lipinski definition) is 2. The second-order valence-electron chi connectivity index (χ2n) is 4.58. The van der Waals surface area contributed by atoms with E-state index in [1.54, 1.807) is 12.1 Å². The maximum Gasteiger partial charge on any atom is 0.327 e. The Morgan fingerprint density at radius 2 is 1.65 bits per heavy atom. The number of urea groups is 1. The quantitative estimate of drug-likeness (QED) is 0.524. The fourth-order valence-corrected chi connectivity index (χ4v) is 1.87. The molecule has 0 aliphatic carbocycles. The highest BCUT2D eigenvalue weighted by Crippen LogP contribution is 2.04. The molecule has 0 aromatic heterocycles. The average Bonchev–Trinajstić information content (AvgIpc) is 2.57. The second-order valence-corrected chi connectivity index (χ2v) is 4.58. The van der Waals surface area contributed by atoms with Gasteiger partial charge in [0.1, 0.15) is 6.29 Å². The Labute approximate surface area is 134 Å². The van der Waals surface area contributed by atoms with Gasteiger partial charge in [0, 0.05) is 19.2 Å². The van der Waals surface area contributed by atoms with Gasteiger partial charge < -0.3 is 19.9 Å². The monoisotopic (exact) mass is 320 g/mol. The molecule has 7 nitrogen and oxygen atoms in total. The summed E-state index contributed by atoms with van der Waals surface area (Å²) in [7, 11) is 0. The lowest BCUT2D eigenvalue weighted by molar-refractivity contribution is -0.126. The lowest BCUT2D eigenvalue weighted by atomic mass is 10.2. The summed E-state index contributed by atoms with van der Waals surface area (Å²) in [6, 6.07) is 8.30. The Kier molecular flexibility index (Phi) is 8.27. The van der Waals surface area contributed by atoms with E-state index in [-0.39, 0.29) is 26.3 Å². The third kappa shape index (κ3) is 6.01. The fourth-order valence-electron chi connectivity index (χ4n) is 1.87. The van der Waals surface area contributed by atoms with Crippen LogP contribution in [-0.4, -0.2) is 71.1 Å². The molecule has 0 unspecified atom stereocenters. The number of rotatable bonds is 8. The van der Waals surface area contributed by atoms with Crippen molar-refractivity contribution < 1.29 is 24.6 Å². The molecule has 0 spiro atoms. The lowest BCUT2D eigenvalue weighted by Crippen LogP contribution is -2.48. The SMILES string of the molecule is O=CCN(C(=O)C=Cc1ccccc1)C(=O)N(CCO)CCO. The molecule has 0 radical (unpaired) electrons. The Hall–Kier alpha value is -2.51. The number of aliphatic hydroxyl groups excluding tert-OH is 2. The smallest absolute Gasteiger partial charge is 0.327 e. The van der Waals surface area contributed by atoms with Gasteiger partial charge in [-0.1, -0.05) is 30.3 Å². The highest BCUT2D eigenvalue weighted by atomic mass is 16.3. The first kappa shape index (κ1) is 18.5. The zero-order valence-corrected chi connectivity index (χ0v) is 12.7. The predicted octanol–water partition coefficient (Wildman–Crippen LogP) is 0.134. The Bertz CT molecular complexity index is 539. The molecule has 0 aliphatic heterocycles. The molecule has 0 heterocycles. The van der Waals surface area contributed by atoms with Gasteiger partial charge in [0.05, 0.1) is 19.8 Å². The van der Waals surface area contributed by atoms with Crippen molar-refractivity contribution in [3.8, 4) is 0 Å². The molecular formula is C16H20N2O5. The van der Waals surface area contributed by atoms with Gasteiger partial charge >= 0.3 is 6.03 Å². The maximum absolute atomic E-state index is 12.3. The van der Waals surface area contributed by atoms with E-state index in [1.807, 2.05) is 18.2 Å². The van der Waals surface area contributed by atoms with Gasteiger partial charge in [-0.2, -0.15) is 0 Å². The Balaban J connectivity index is 2.86. The highest BCUT2D eigenvalue weighted by molar-refractivity contribution is 6.03. The van der Waals surface area contributed by atoms with Gasteiger partial charge in [-0.3, -0.25) is 9.69 Å². The van der Waals surface area contributed by atoms with Crippen LogP contribution in [0.15, 0.2) is 36.4 Å². The first-order valence-electron chi connectivity index (χ1n) is 7.13. The van der Waals surface area contributed by atoms with Gasteiger partial charge in [-0.25, -0.2) is 4.79 Å². The molecule has 0 saturated heterocycles. The standard InChI is InChI=1S/C16H20N2O5/c19-11-8-17(9-12-20)16(23)18(10-13-21)15(22)7-6-14-4-2-1-3-5-14/h1-7,13,19-20H,8-12H2. The number of carbonyl (C=O) groups is 3. The summed E-state index contributed by atoms with van der Waals surface area (Å²) in [5.41, 5.74) is 0.780. The molecular weight excluding hydrogens is 300 g/mol. The van der Waals surface area contributed by atoms with Crippen LogP contribution in [0.25, 0.3) is 6.08 Å². The molecule has 2 N–H and O–H groups in total. The van der Waals surface area contributed by atoms with Crippen molar-refractivity contribution in [2.75, 3.05) is 32.8 Å². The van der Waals surface area contributed by atoms with E-state index in [2.05, 4.69) is 0 Å². The number of nitrogens with zero attached hydrogens (tertiary/aromatic N) is 2. The summed E-state index contributed by atoms with van der Waals surface area (Å²) in [6.07, 6.45) is 3.19. The third-order valence-corrected chi connectivity index (χ3v) is 2.98. The van der Waals surface area contributed by atoms with Crippen LogP contribution in [0.4, 0.5) is 4.79 Å². The molecule has 0 saturated carbocycles. The zero-order valence-electron chi connectivity index (χ0n) is 12.7. The number of imide groups is 1. The lowest BCUT2D eigenvalue weighted by Gasteiger charge is -2.26. The van der Waals surface area contributed by atoms with Crippen LogP contribution in [0, 0.1) is 0 Å². The predicted molar refractivity (Wildman–Crippen MR) is 84.4 cm³/mol. The number of benzene rings is 1. The summed E-state index contributed by atoms with van der Waals surface area (Å²) in [5.74, 6) is -0.646. The summed E-state index contributed by atoms with van der Waals surface area (Å²) in [4.78, 5) is 37.1. The molecule has 1 aromatic rings. The zero-order chi connectivity index (χ0) is 17.1. The largest absolute Gasteiger partial charge is 0.395 e. The number of amides is 3. The fraction of sp³-hybridized carbons (Fsp3) is 0.312. The van der Waals surface area contributed by atoms with Crippen molar-refractivity contribution in [3.05, 3.63) is 42.0 Å². The first-order chi connectivity index (χ1) is 11.1. The molecule has 1 aromatic carbocycles. The Morgan fingerprint density at radius 3 is 2.17 bits per heavy atom. The van der Waals surface area contributed by atoms with Crippen molar-refractivity contribution >= 4 is 24.3 Å². The molecule has 1 rings (SSSR count). The summed E-state index contributed by atoms with van der Waals surface area (Å²) in [5, 5.41) is 17.9. The number of carbonyl (C=O) groups excluding carboxylic acids is 3. The van der Waals surface area contributed by atoms with Crippen LogP contribution in [0.5, 0.6) is 0 Å². The van der Waals surface area contributed by atoms with Crippen LogP contribution in [0.3, 0.4) is 0 Å². The normalized spacial score (nSPS) is 10.5. The van der Waals surface area contributed by atoms with Crippen molar-refractivity contribution in [1.29, 1.82) is 0 Å². The average molecular weight is 320 g/mol. The van der Waals surface area contributed by atoms with E-state index in [4.69, 9.17) is 10.2 Å². The van der Waals surface area contributed by atoms with E-state index in [9.17, 15) is 14.4 Å². The number of aliphatic hydroxyl groups is 2. The van der Waals surface area contributed by atoms with Crippen molar-refractivity contribution in [2.45, 2.75) is 0 Å². The summed E-state index contributed by atoms with van der Waals surface area (Å²) in [6.45, 7) is -1.09. The van der Waals surface area contributed by atoms with Crippen LogP contribution in [-0.2, 0) is 9.59 Å². The van der Waals surface area contributed by atoms with Crippen LogP contribution < -0.4 is 0 Å². The van der Waals surface area contributed by atoms with E-state index < -0.39 is 18.5 Å². The van der Waals surface area contributed by atoms with Crippen LogP contribution >= 0.6 is 0 Å². The molecule has 3 amide bonds. The summed E-state index contributed by atoms with van der Waals surface area (Å²) < 4.78 is 0. The van der Waals surface area contributed by atoms with Gasteiger partial charge in [-0.15, -0.1) is 0 Å². The van der Waals surface area contributed by atoms with Crippen LogP contribution in [0.1, 0.15) is 5.56 Å². The minimum atomic E-state index is -0.733. The van der Waals surface area contributed by atoms with Gasteiger partial charge in [-0.05, 0) is 11.6 Å². The maximum atomic E-state index is 12.3. The molecule has 0 atom stereocenters.